The molecule has 0 atom stereocenters. The van der Waals surface area contributed by atoms with E-state index < -0.39 is 5.97 Å². The molecule has 1 N–H and O–H groups in total. The zero-order valence-electron chi connectivity index (χ0n) is 16.5. The molecule has 0 fully saturated rings. The molecule has 0 amide bonds. The number of esters is 1. The second-order valence-electron chi connectivity index (χ2n) is 6.88. The molecular formula is C24H22Cl2O3. The Morgan fingerprint density at radius 2 is 1.45 bits per heavy atom. The van der Waals surface area contributed by atoms with Gasteiger partial charge in [-0.3, -0.25) is 0 Å². The molecule has 0 aromatic heterocycles. The summed E-state index contributed by atoms with van der Waals surface area (Å²) in [5.74, 6) is -0.777. The van der Waals surface area contributed by atoms with Gasteiger partial charge in [0.2, 0.25) is 0 Å². The lowest BCUT2D eigenvalue weighted by Gasteiger charge is -2.25. The standard InChI is InChI=1S/C24H22Cl2O3/c1-4-29-24(28)22-15(3)21(14(2)13-20(22)27)23(16-5-9-18(25)10-6-16)17-7-11-19(26)12-8-17/h5-13,23,27H,4H2,1-3H3. The first-order valence-electron chi connectivity index (χ1n) is 9.34. The number of carbonyl (C=O) groups is 1. The highest BCUT2D eigenvalue weighted by atomic mass is 35.5. The van der Waals surface area contributed by atoms with E-state index in [0.29, 0.717) is 15.6 Å². The Morgan fingerprint density at radius 1 is 0.966 bits per heavy atom. The van der Waals surface area contributed by atoms with E-state index in [1.807, 2.05) is 62.4 Å². The van der Waals surface area contributed by atoms with Crippen molar-refractivity contribution in [2.45, 2.75) is 26.7 Å². The lowest BCUT2D eigenvalue weighted by Crippen LogP contribution is -2.13. The van der Waals surface area contributed by atoms with Gasteiger partial charge in [0.15, 0.2) is 0 Å². The molecule has 3 aromatic carbocycles. The molecule has 0 saturated carbocycles. The molecule has 0 spiro atoms. The second-order valence-corrected chi connectivity index (χ2v) is 7.76. The van der Waals surface area contributed by atoms with Gasteiger partial charge in [0.05, 0.1) is 6.61 Å². The number of phenols is 1. The first kappa shape index (κ1) is 21.2. The summed E-state index contributed by atoms with van der Waals surface area (Å²) in [5, 5.41) is 11.7. The highest BCUT2D eigenvalue weighted by molar-refractivity contribution is 6.30. The quantitative estimate of drug-likeness (QED) is 0.364. The van der Waals surface area contributed by atoms with Gasteiger partial charge in [-0.15, -0.1) is 0 Å². The van der Waals surface area contributed by atoms with Crippen molar-refractivity contribution in [3.8, 4) is 5.75 Å². The van der Waals surface area contributed by atoms with Crippen LogP contribution in [0.3, 0.4) is 0 Å². The maximum Gasteiger partial charge on any atom is 0.342 e. The van der Waals surface area contributed by atoms with Crippen LogP contribution in [0, 0.1) is 13.8 Å². The first-order valence-corrected chi connectivity index (χ1v) is 10.1. The van der Waals surface area contributed by atoms with Gasteiger partial charge in [0.1, 0.15) is 11.3 Å². The Hall–Kier alpha value is -2.49. The molecule has 0 aliphatic heterocycles. The van der Waals surface area contributed by atoms with Crippen LogP contribution < -0.4 is 0 Å². The summed E-state index contributed by atoms with van der Waals surface area (Å²) in [6.07, 6.45) is 0. The molecule has 0 unspecified atom stereocenters. The number of ether oxygens (including phenoxy) is 1. The highest BCUT2D eigenvalue weighted by Gasteiger charge is 2.26. The summed E-state index contributed by atoms with van der Waals surface area (Å²) in [6.45, 7) is 5.74. The van der Waals surface area contributed by atoms with Gasteiger partial charge in [-0.1, -0.05) is 47.5 Å². The van der Waals surface area contributed by atoms with Crippen LogP contribution in [0.4, 0.5) is 0 Å². The predicted octanol–water partition coefficient (Wildman–Crippen LogP) is 6.67. The summed E-state index contributed by atoms with van der Waals surface area (Å²) < 4.78 is 5.17. The minimum atomic E-state index is -0.533. The minimum absolute atomic E-state index is 0.0758. The van der Waals surface area contributed by atoms with Crippen molar-refractivity contribution in [3.05, 3.63) is 98.0 Å². The van der Waals surface area contributed by atoms with Crippen molar-refractivity contribution < 1.29 is 14.6 Å². The Kier molecular flexibility index (Phi) is 6.51. The molecule has 150 valence electrons. The Bertz CT molecular complexity index is 980. The van der Waals surface area contributed by atoms with Crippen LogP contribution >= 0.6 is 23.2 Å². The van der Waals surface area contributed by atoms with Crippen LogP contribution in [0.1, 0.15) is 51.0 Å². The van der Waals surface area contributed by atoms with Crippen molar-refractivity contribution in [2.75, 3.05) is 6.61 Å². The van der Waals surface area contributed by atoms with Crippen LogP contribution in [0.2, 0.25) is 10.0 Å². The summed E-state index contributed by atoms with van der Waals surface area (Å²) in [5.41, 5.74) is 4.74. The molecular weight excluding hydrogens is 407 g/mol. The average molecular weight is 429 g/mol. The maximum atomic E-state index is 12.5. The smallest absolute Gasteiger partial charge is 0.342 e. The zero-order valence-corrected chi connectivity index (χ0v) is 18.0. The Morgan fingerprint density at radius 3 is 1.90 bits per heavy atom. The molecule has 3 aromatic rings. The zero-order chi connectivity index (χ0) is 21.1. The molecule has 0 aliphatic carbocycles. The van der Waals surface area contributed by atoms with Gasteiger partial charge in [0, 0.05) is 16.0 Å². The number of halogens is 2. The topological polar surface area (TPSA) is 46.5 Å². The van der Waals surface area contributed by atoms with Gasteiger partial charge in [-0.05, 0) is 78.9 Å². The fourth-order valence-corrected chi connectivity index (χ4v) is 3.97. The SMILES string of the molecule is CCOC(=O)c1c(O)cc(C)c(C(c2ccc(Cl)cc2)c2ccc(Cl)cc2)c1C. The third kappa shape index (κ3) is 4.42. The van der Waals surface area contributed by atoms with Gasteiger partial charge < -0.3 is 9.84 Å². The van der Waals surface area contributed by atoms with Gasteiger partial charge >= 0.3 is 5.97 Å². The number of aryl methyl sites for hydroxylation is 1. The van der Waals surface area contributed by atoms with Crippen LogP contribution in [0.5, 0.6) is 5.75 Å². The van der Waals surface area contributed by atoms with E-state index in [0.717, 1.165) is 22.3 Å². The molecule has 0 aliphatic rings. The molecule has 5 heteroatoms. The van der Waals surface area contributed by atoms with Crippen molar-refractivity contribution in [3.63, 3.8) is 0 Å². The van der Waals surface area contributed by atoms with Gasteiger partial charge in [0.25, 0.3) is 0 Å². The predicted molar refractivity (Wildman–Crippen MR) is 117 cm³/mol. The normalized spacial score (nSPS) is 11.0. The fourth-order valence-electron chi connectivity index (χ4n) is 3.72. The van der Waals surface area contributed by atoms with E-state index in [1.54, 1.807) is 13.0 Å². The highest BCUT2D eigenvalue weighted by Crippen LogP contribution is 2.40. The molecule has 0 radical (unpaired) electrons. The fraction of sp³-hybridized carbons (Fsp3) is 0.208. The number of hydrogen-bond acceptors (Lipinski definition) is 3. The van der Waals surface area contributed by atoms with E-state index in [2.05, 4.69) is 0 Å². The summed E-state index contributed by atoms with van der Waals surface area (Å²) in [7, 11) is 0. The van der Waals surface area contributed by atoms with Crippen molar-refractivity contribution in [2.24, 2.45) is 0 Å². The van der Waals surface area contributed by atoms with E-state index in [4.69, 9.17) is 27.9 Å². The molecule has 3 rings (SSSR count). The van der Waals surface area contributed by atoms with E-state index in [9.17, 15) is 9.90 Å². The number of benzene rings is 3. The Labute approximate surface area is 180 Å². The third-order valence-corrected chi connectivity index (χ3v) is 5.49. The molecule has 0 bridgehead atoms. The van der Waals surface area contributed by atoms with Gasteiger partial charge in [-0.2, -0.15) is 0 Å². The maximum absolute atomic E-state index is 12.5. The summed E-state index contributed by atoms with van der Waals surface area (Å²) in [6, 6.07) is 16.9. The number of phenolic OH excluding ortho intramolecular Hbond substituents is 1. The van der Waals surface area contributed by atoms with Crippen molar-refractivity contribution >= 4 is 29.2 Å². The van der Waals surface area contributed by atoms with Crippen LogP contribution in [0.15, 0.2) is 54.6 Å². The minimum Gasteiger partial charge on any atom is -0.507 e. The largest absolute Gasteiger partial charge is 0.507 e. The van der Waals surface area contributed by atoms with Crippen LogP contribution in [-0.2, 0) is 4.74 Å². The number of aromatic hydroxyl groups is 1. The lowest BCUT2D eigenvalue weighted by atomic mass is 9.79. The average Bonchev–Trinajstić information content (AvgIpc) is 2.67. The van der Waals surface area contributed by atoms with Gasteiger partial charge in [-0.25, -0.2) is 4.79 Å². The summed E-state index contributed by atoms with van der Waals surface area (Å²) in [4.78, 5) is 12.5. The Balaban J connectivity index is 2.28. The number of rotatable bonds is 5. The lowest BCUT2D eigenvalue weighted by molar-refractivity contribution is 0.0522. The van der Waals surface area contributed by atoms with E-state index in [-0.39, 0.29) is 23.8 Å². The van der Waals surface area contributed by atoms with E-state index >= 15 is 0 Å². The van der Waals surface area contributed by atoms with Crippen LogP contribution in [0.25, 0.3) is 0 Å². The molecule has 0 heterocycles. The number of carbonyl (C=O) groups excluding carboxylic acids is 1. The first-order chi connectivity index (χ1) is 13.8. The monoisotopic (exact) mass is 428 g/mol. The van der Waals surface area contributed by atoms with Crippen molar-refractivity contribution in [1.29, 1.82) is 0 Å². The number of hydrogen-bond donors (Lipinski definition) is 1. The second kappa shape index (κ2) is 8.89. The van der Waals surface area contributed by atoms with E-state index in [1.165, 1.54) is 0 Å². The molecule has 3 nitrogen and oxygen atoms in total. The molecule has 0 saturated heterocycles. The summed E-state index contributed by atoms with van der Waals surface area (Å²) >= 11 is 12.2. The van der Waals surface area contributed by atoms with Crippen LogP contribution in [-0.4, -0.2) is 17.7 Å². The third-order valence-electron chi connectivity index (χ3n) is 4.99. The van der Waals surface area contributed by atoms with Crippen molar-refractivity contribution in [1.82, 2.24) is 0 Å². The molecule has 29 heavy (non-hydrogen) atoms.